The van der Waals surface area contributed by atoms with E-state index in [4.69, 9.17) is 21.7 Å². The summed E-state index contributed by atoms with van der Waals surface area (Å²) >= 11 is 4.94. The Balaban J connectivity index is 2.25. The molecule has 0 aromatic heterocycles. The second-order valence-electron chi connectivity index (χ2n) is 3.26. The fourth-order valence-corrected chi connectivity index (χ4v) is 1.32. The molecule has 0 atom stereocenters. The molecule has 0 aliphatic heterocycles. The zero-order chi connectivity index (χ0) is 12.5. The lowest BCUT2D eigenvalue weighted by Gasteiger charge is -2.09. The van der Waals surface area contributed by atoms with Gasteiger partial charge in [0.05, 0.1) is 13.2 Å². The number of thiocarbonyl (C=S) groups is 1. The van der Waals surface area contributed by atoms with Crippen LogP contribution in [0.2, 0.25) is 0 Å². The molecule has 0 saturated carbocycles. The van der Waals surface area contributed by atoms with E-state index in [-0.39, 0.29) is 0 Å². The Morgan fingerprint density at radius 1 is 1.18 bits per heavy atom. The number of hydrogen-bond donors (Lipinski definition) is 2. The molecule has 0 amide bonds. The van der Waals surface area contributed by atoms with E-state index in [9.17, 15) is 0 Å². The van der Waals surface area contributed by atoms with Gasteiger partial charge in [0.15, 0.2) is 5.11 Å². The summed E-state index contributed by atoms with van der Waals surface area (Å²) in [5.74, 6) is 1.68. The molecule has 0 radical (unpaired) electrons. The Hall–Kier alpha value is -1.49. The van der Waals surface area contributed by atoms with E-state index in [1.807, 2.05) is 31.2 Å². The highest BCUT2D eigenvalue weighted by Gasteiger charge is 1.96. The summed E-state index contributed by atoms with van der Waals surface area (Å²) in [4.78, 5) is 0. The second-order valence-corrected chi connectivity index (χ2v) is 3.67. The van der Waals surface area contributed by atoms with Crippen LogP contribution in [0.25, 0.3) is 0 Å². The lowest BCUT2D eigenvalue weighted by atomic mass is 10.3. The van der Waals surface area contributed by atoms with Crippen molar-refractivity contribution in [1.82, 2.24) is 10.6 Å². The third-order valence-corrected chi connectivity index (χ3v) is 2.37. The Morgan fingerprint density at radius 3 is 2.29 bits per heavy atom. The molecule has 0 bridgehead atoms. The molecule has 2 N–H and O–H groups in total. The van der Waals surface area contributed by atoms with Gasteiger partial charge < -0.3 is 20.1 Å². The van der Waals surface area contributed by atoms with Crippen molar-refractivity contribution < 1.29 is 9.47 Å². The topological polar surface area (TPSA) is 42.5 Å². The highest BCUT2D eigenvalue weighted by Crippen LogP contribution is 2.17. The lowest BCUT2D eigenvalue weighted by molar-refractivity contribution is 0.318. The Morgan fingerprint density at radius 2 is 1.76 bits per heavy atom. The first kappa shape index (κ1) is 13.6. The smallest absolute Gasteiger partial charge is 0.166 e. The van der Waals surface area contributed by atoms with Crippen molar-refractivity contribution in [3.8, 4) is 11.5 Å². The van der Waals surface area contributed by atoms with Crippen molar-refractivity contribution in [3.63, 3.8) is 0 Å². The Kier molecular flexibility index (Phi) is 6.17. The van der Waals surface area contributed by atoms with Crippen molar-refractivity contribution in [2.24, 2.45) is 0 Å². The minimum absolute atomic E-state index is 0.565. The van der Waals surface area contributed by atoms with Crippen molar-refractivity contribution >= 4 is 17.3 Å². The number of ether oxygens (including phenoxy) is 2. The largest absolute Gasteiger partial charge is 0.494 e. The number of rotatable bonds is 6. The SMILES string of the molecule is CCOc1ccc(OCCNC(=S)NC)cc1. The summed E-state index contributed by atoms with van der Waals surface area (Å²) < 4.78 is 10.9. The van der Waals surface area contributed by atoms with Gasteiger partial charge in [-0.05, 0) is 43.4 Å². The molecule has 0 aliphatic rings. The van der Waals surface area contributed by atoms with Gasteiger partial charge in [0, 0.05) is 7.05 Å². The van der Waals surface area contributed by atoms with Gasteiger partial charge in [-0.2, -0.15) is 0 Å². The van der Waals surface area contributed by atoms with E-state index in [0.717, 1.165) is 11.5 Å². The second kappa shape index (κ2) is 7.73. The average molecular weight is 254 g/mol. The molecule has 0 saturated heterocycles. The van der Waals surface area contributed by atoms with Crippen LogP contribution in [0.3, 0.4) is 0 Å². The third-order valence-electron chi connectivity index (χ3n) is 2.02. The van der Waals surface area contributed by atoms with Gasteiger partial charge in [-0.3, -0.25) is 0 Å². The molecule has 1 aromatic carbocycles. The van der Waals surface area contributed by atoms with Gasteiger partial charge in [-0.25, -0.2) is 0 Å². The fourth-order valence-electron chi connectivity index (χ4n) is 1.22. The summed E-state index contributed by atoms with van der Waals surface area (Å²) in [7, 11) is 1.78. The summed E-state index contributed by atoms with van der Waals surface area (Å²) in [5.41, 5.74) is 0. The Labute approximate surface area is 107 Å². The minimum atomic E-state index is 0.565. The summed E-state index contributed by atoms with van der Waals surface area (Å²) in [6, 6.07) is 7.57. The van der Waals surface area contributed by atoms with Crippen LogP contribution in [0, 0.1) is 0 Å². The molecule has 94 valence electrons. The summed E-state index contributed by atoms with van der Waals surface area (Å²) in [6.45, 7) is 3.87. The molecule has 1 aromatic rings. The number of hydrogen-bond acceptors (Lipinski definition) is 3. The standard InChI is InChI=1S/C12H18N2O2S/c1-3-15-10-4-6-11(7-5-10)16-9-8-14-12(17)13-2/h4-7H,3,8-9H2,1-2H3,(H2,13,14,17). The molecule has 0 spiro atoms. The molecule has 0 heterocycles. The van der Waals surface area contributed by atoms with Gasteiger partial charge in [-0.1, -0.05) is 0 Å². The van der Waals surface area contributed by atoms with Crippen molar-refractivity contribution in [2.75, 3.05) is 26.8 Å². The van der Waals surface area contributed by atoms with Gasteiger partial charge in [0.2, 0.25) is 0 Å². The lowest BCUT2D eigenvalue weighted by Crippen LogP contribution is -2.35. The maximum absolute atomic E-state index is 5.53. The van der Waals surface area contributed by atoms with Crippen LogP contribution in [0.15, 0.2) is 24.3 Å². The van der Waals surface area contributed by atoms with Crippen LogP contribution < -0.4 is 20.1 Å². The third kappa shape index (κ3) is 5.40. The molecular weight excluding hydrogens is 236 g/mol. The zero-order valence-electron chi connectivity index (χ0n) is 10.2. The van der Waals surface area contributed by atoms with Crippen LogP contribution in [0.4, 0.5) is 0 Å². The monoisotopic (exact) mass is 254 g/mol. The van der Waals surface area contributed by atoms with Crippen molar-refractivity contribution in [3.05, 3.63) is 24.3 Å². The first-order chi connectivity index (χ1) is 8.26. The molecule has 0 unspecified atom stereocenters. The summed E-state index contributed by atoms with van der Waals surface area (Å²) in [6.07, 6.45) is 0. The molecular formula is C12H18N2O2S. The maximum atomic E-state index is 5.53. The van der Waals surface area contributed by atoms with Crippen LogP contribution >= 0.6 is 12.2 Å². The highest BCUT2D eigenvalue weighted by molar-refractivity contribution is 7.80. The highest BCUT2D eigenvalue weighted by atomic mass is 32.1. The molecule has 4 nitrogen and oxygen atoms in total. The van der Waals surface area contributed by atoms with E-state index < -0.39 is 0 Å². The van der Waals surface area contributed by atoms with Crippen LogP contribution in [0.1, 0.15) is 6.92 Å². The first-order valence-electron chi connectivity index (χ1n) is 5.57. The molecule has 1 rings (SSSR count). The average Bonchev–Trinajstić information content (AvgIpc) is 2.36. The van der Waals surface area contributed by atoms with Gasteiger partial charge in [0.25, 0.3) is 0 Å². The maximum Gasteiger partial charge on any atom is 0.166 e. The first-order valence-corrected chi connectivity index (χ1v) is 5.98. The minimum Gasteiger partial charge on any atom is -0.494 e. The van der Waals surface area contributed by atoms with E-state index in [1.165, 1.54) is 0 Å². The van der Waals surface area contributed by atoms with Crippen molar-refractivity contribution in [1.29, 1.82) is 0 Å². The van der Waals surface area contributed by atoms with Crippen LogP contribution in [-0.4, -0.2) is 31.9 Å². The molecule has 0 fully saturated rings. The van der Waals surface area contributed by atoms with Crippen LogP contribution in [0.5, 0.6) is 11.5 Å². The van der Waals surface area contributed by atoms with E-state index in [0.29, 0.717) is 24.9 Å². The molecule has 0 aliphatic carbocycles. The Bertz CT molecular complexity index is 341. The van der Waals surface area contributed by atoms with E-state index in [1.54, 1.807) is 7.05 Å². The van der Waals surface area contributed by atoms with E-state index >= 15 is 0 Å². The van der Waals surface area contributed by atoms with Gasteiger partial charge in [0.1, 0.15) is 18.1 Å². The van der Waals surface area contributed by atoms with Crippen LogP contribution in [-0.2, 0) is 0 Å². The number of nitrogens with one attached hydrogen (secondary N) is 2. The fraction of sp³-hybridized carbons (Fsp3) is 0.417. The normalized spacial score (nSPS) is 9.53. The predicted octanol–water partition coefficient (Wildman–Crippen LogP) is 1.56. The predicted molar refractivity (Wildman–Crippen MR) is 72.8 cm³/mol. The van der Waals surface area contributed by atoms with Gasteiger partial charge >= 0.3 is 0 Å². The quantitative estimate of drug-likeness (QED) is 0.596. The zero-order valence-corrected chi connectivity index (χ0v) is 11.0. The van der Waals surface area contributed by atoms with Gasteiger partial charge in [-0.15, -0.1) is 0 Å². The summed E-state index contributed by atoms with van der Waals surface area (Å²) in [5, 5.41) is 6.46. The number of benzene rings is 1. The molecule has 17 heavy (non-hydrogen) atoms. The van der Waals surface area contributed by atoms with Crippen molar-refractivity contribution in [2.45, 2.75) is 6.92 Å². The molecule has 5 heteroatoms. The van der Waals surface area contributed by atoms with E-state index in [2.05, 4.69) is 10.6 Å².